The molecule has 1 atom stereocenters. The van der Waals surface area contributed by atoms with Crippen molar-refractivity contribution in [1.82, 2.24) is 14.4 Å². The van der Waals surface area contributed by atoms with Gasteiger partial charge in [0.15, 0.2) is 0 Å². The average molecular weight is 290 g/mol. The van der Waals surface area contributed by atoms with Crippen LogP contribution in [-0.2, 0) is 11.8 Å². The number of fused-ring (bicyclic) bond motifs is 3. The molecule has 2 aliphatic heterocycles. The summed E-state index contributed by atoms with van der Waals surface area (Å²) < 4.78 is 3.77. The zero-order chi connectivity index (χ0) is 15.5. The van der Waals surface area contributed by atoms with Gasteiger partial charge in [0.25, 0.3) is 5.91 Å². The molecule has 7 heteroatoms. The van der Waals surface area contributed by atoms with E-state index in [1.54, 1.807) is 7.05 Å². The van der Waals surface area contributed by atoms with E-state index in [1.807, 2.05) is 43.1 Å². The van der Waals surface area contributed by atoms with E-state index in [4.69, 9.17) is 0 Å². The molecule has 7 nitrogen and oxygen atoms in total. The van der Waals surface area contributed by atoms with Crippen LogP contribution in [-0.4, -0.2) is 45.7 Å². The number of amidine groups is 1. The van der Waals surface area contributed by atoms with Crippen LogP contribution in [0.15, 0.2) is 11.2 Å². The number of likely N-dealkylation sites (N-methyl/N-ethyl adjacent to an activating group) is 1. The van der Waals surface area contributed by atoms with E-state index in [9.17, 15) is 9.59 Å². The van der Waals surface area contributed by atoms with Crippen molar-refractivity contribution >= 4 is 23.7 Å². The Bertz CT molecular complexity index is 673. The van der Waals surface area contributed by atoms with Crippen LogP contribution in [0.1, 0.15) is 25.6 Å². The van der Waals surface area contributed by atoms with Crippen molar-refractivity contribution in [2.45, 2.75) is 26.8 Å². The molecular formula is C14H20N5O2+. The van der Waals surface area contributed by atoms with E-state index < -0.39 is 6.04 Å². The maximum absolute atomic E-state index is 12.7. The number of hydrogen-bond donors (Lipinski definition) is 0. The summed E-state index contributed by atoms with van der Waals surface area (Å²) in [7, 11) is 3.58. The van der Waals surface area contributed by atoms with Gasteiger partial charge >= 0.3 is 12.0 Å². The highest BCUT2D eigenvalue weighted by molar-refractivity contribution is 6.19. The van der Waals surface area contributed by atoms with Crippen molar-refractivity contribution in [3.63, 3.8) is 0 Å². The first-order valence-corrected chi connectivity index (χ1v) is 7.08. The quantitative estimate of drug-likeness (QED) is 0.755. The summed E-state index contributed by atoms with van der Waals surface area (Å²) in [5, 5.41) is 0. The van der Waals surface area contributed by atoms with Crippen molar-refractivity contribution in [3.8, 4) is 0 Å². The zero-order valence-electron chi connectivity index (χ0n) is 13.0. The Labute approximate surface area is 123 Å². The van der Waals surface area contributed by atoms with Gasteiger partial charge in [-0.1, -0.05) is 18.8 Å². The van der Waals surface area contributed by atoms with Gasteiger partial charge in [0, 0.05) is 13.6 Å². The van der Waals surface area contributed by atoms with Gasteiger partial charge in [0.2, 0.25) is 11.9 Å². The molecule has 1 fully saturated rings. The molecule has 1 aromatic rings. The molecule has 3 rings (SSSR count). The van der Waals surface area contributed by atoms with Gasteiger partial charge in [-0.15, -0.1) is 0 Å². The maximum Gasteiger partial charge on any atom is 0.401 e. The van der Waals surface area contributed by atoms with Gasteiger partial charge in [-0.2, -0.15) is 0 Å². The fraction of sp³-hybridized carbons (Fsp3) is 0.571. The highest BCUT2D eigenvalue weighted by Gasteiger charge is 2.52. The van der Waals surface area contributed by atoms with Gasteiger partial charge in [-0.3, -0.25) is 14.6 Å². The van der Waals surface area contributed by atoms with Crippen LogP contribution in [0.3, 0.4) is 0 Å². The molecule has 2 aliphatic rings. The molecular weight excluding hydrogens is 270 g/mol. The highest BCUT2D eigenvalue weighted by atomic mass is 16.2. The van der Waals surface area contributed by atoms with Gasteiger partial charge in [0.05, 0.1) is 7.05 Å². The molecule has 112 valence electrons. The largest absolute Gasteiger partial charge is 0.401 e. The lowest BCUT2D eigenvalue weighted by molar-refractivity contribution is -0.677. The average Bonchev–Trinajstić information content (AvgIpc) is 2.91. The lowest BCUT2D eigenvalue weighted by atomic mass is 10.1. The van der Waals surface area contributed by atoms with Gasteiger partial charge in [0.1, 0.15) is 11.9 Å². The normalized spacial score (nSPS) is 21.0. The number of aryl methyl sites for hydroxylation is 1. The van der Waals surface area contributed by atoms with Crippen molar-refractivity contribution in [2.75, 3.05) is 13.6 Å². The Balaban J connectivity index is 2.08. The number of rotatable bonds is 2. The molecule has 0 aromatic carbocycles. The minimum atomic E-state index is -0.527. The number of amides is 3. The Morgan fingerprint density at radius 3 is 2.62 bits per heavy atom. The lowest BCUT2D eigenvalue weighted by Gasteiger charge is -2.33. The van der Waals surface area contributed by atoms with Gasteiger partial charge in [-0.05, 0) is 12.8 Å². The number of imide groups is 1. The first-order chi connectivity index (χ1) is 9.82. The SMILES string of the molecule is Cc1c[n+]2c(n1C)N=C1C2C(=O)N(CC(C)C)C(=O)N1C. The molecule has 0 aliphatic carbocycles. The number of carbonyl (C=O) groups is 2. The number of aromatic nitrogens is 2. The van der Waals surface area contributed by atoms with Crippen LogP contribution >= 0.6 is 0 Å². The van der Waals surface area contributed by atoms with Crippen LogP contribution in [0.25, 0.3) is 0 Å². The van der Waals surface area contributed by atoms with E-state index >= 15 is 0 Å². The van der Waals surface area contributed by atoms with Crippen LogP contribution in [0.4, 0.5) is 10.7 Å². The lowest BCUT2D eigenvalue weighted by Crippen LogP contribution is -2.63. The number of aliphatic imine (C=N–C) groups is 1. The molecule has 0 spiro atoms. The summed E-state index contributed by atoms with van der Waals surface area (Å²) in [6.45, 7) is 6.37. The fourth-order valence-corrected chi connectivity index (χ4v) is 2.83. The number of nitrogens with zero attached hydrogens (tertiary/aromatic N) is 5. The van der Waals surface area contributed by atoms with Gasteiger partial charge in [-0.25, -0.2) is 13.9 Å². The zero-order valence-corrected chi connectivity index (χ0v) is 13.0. The third-order valence-corrected chi connectivity index (χ3v) is 4.03. The van der Waals surface area contributed by atoms with Crippen molar-refractivity contribution in [3.05, 3.63) is 11.9 Å². The van der Waals surface area contributed by atoms with E-state index in [0.717, 1.165) is 5.69 Å². The predicted octanol–water partition coefficient (Wildman–Crippen LogP) is 0.756. The predicted molar refractivity (Wildman–Crippen MR) is 76.2 cm³/mol. The summed E-state index contributed by atoms with van der Waals surface area (Å²) >= 11 is 0. The maximum atomic E-state index is 12.7. The highest BCUT2D eigenvalue weighted by Crippen LogP contribution is 2.28. The Hall–Kier alpha value is -2.18. The minimum absolute atomic E-state index is 0.195. The van der Waals surface area contributed by atoms with Crippen molar-refractivity contribution in [2.24, 2.45) is 18.0 Å². The summed E-state index contributed by atoms with van der Waals surface area (Å²) in [6, 6.07) is -0.824. The summed E-state index contributed by atoms with van der Waals surface area (Å²) in [4.78, 5) is 32.4. The smallest absolute Gasteiger partial charge is 0.270 e. The second-order valence-electron chi connectivity index (χ2n) is 6.09. The van der Waals surface area contributed by atoms with E-state index in [1.165, 1.54) is 9.80 Å². The Morgan fingerprint density at radius 2 is 2.00 bits per heavy atom. The molecule has 1 aromatic heterocycles. The molecule has 3 amide bonds. The minimum Gasteiger partial charge on any atom is -0.270 e. The van der Waals surface area contributed by atoms with E-state index in [-0.39, 0.29) is 17.9 Å². The summed E-state index contributed by atoms with van der Waals surface area (Å²) in [5.74, 6) is 1.25. The number of hydrogen-bond acceptors (Lipinski definition) is 3. The summed E-state index contributed by atoms with van der Waals surface area (Å²) in [6.07, 6.45) is 1.91. The fourth-order valence-electron chi connectivity index (χ4n) is 2.83. The number of urea groups is 1. The second-order valence-corrected chi connectivity index (χ2v) is 6.09. The second kappa shape index (κ2) is 4.41. The monoisotopic (exact) mass is 290 g/mol. The first kappa shape index (κ1) is 13.8. The van der Waals surface area contributed by atoms with Crippen LogP contribution in [0.2, 0.25) is 0 Å². The Morgan fingerprint density at radius 1 is 1.33 bits per heavy atom. The third-order valence-electron chi connectivity index (χ3n) is 4.03. The molecule has 1 saturated heterocycles. The molecule has 0 saturated carbocycles. The number of imidazole rings is 1. The van der Waals surface area contributed by atoms with Crippen LogP contribution in [0.5, 0.6) is 0 Å². The van der Waals surface area contributed by atoms with E-state index in [0.29, 0.717) is 18.3 Å². The van der Waals surface area contributed by atoms with Crippen LogP contribution < -0.4 is 4.57 Å². The summed E-state index contributed by atoms with van der Waals surface area (Å²) in [5.41, 5.74) is 1.02. The molecule has 0 radical (unpaired) electrons. The van der Waals surface area contributed by atoms with Crippen molar-refractivity contribution < 1.29 is 14.2 Å². The van der Waals surface area contributed by atoms with Crippen molar-refractivity contribution in [1.29, 1.82) is 0 Å². The van der Waals surface area contributed by atoms with E-state index in [2.05, 4.69) is 4.99 Å². The number of carbonyl (C=O) groups excluding carboxylic acids is 2. The van der Waals surface area contributed by atoms with Crippen LogP contribution in [0, 0.1) is 12.8 Å². The van der Waals surface area contributed by atoms with Gasteiger partial charge < -0.3 is 0 Å². The Kier molecular flexibility index (Phi) is 2.89. The molecule has 0 N–H and O–H groups in total. The standard InChI is InChI=1S/C14H20N5O2/c1-8(2)6-19-12(20)10-11(17(5)14(19)21)15-13-16(4)9(3)7-18(10)13/h7-8,10H,6H2,1-5H3/q+1. The topological polar surface area (TPSA) is 61.8 Å². The molecule has 3 heterocycles. The molecule has 1 unspecified atom stereocenters. The third kappa shape index (κ3) is 1.80. The molecule has 0 bridgehead atoms. The first-order valence-electron chi connectivity index (χ1n) is 7.08. The molecule has 21 heavy (non-hydrogen) atoms.